The number of nitrogens with one attached hydrogen (secondary N) is 1. The summed E-state index contributed by atoms with van der Waals surface area (Å²) in [5.41, 5.74) is 2.90. The Morgan fingerprint density at radius 3 is 2.87 bits per heavy atom. The lowest BCUT2D eigenvalue weighted by molar-refractivity contribution is -0.111. The molecule has 0 radical (unpaired) electrons. The highest BCUT2D eigenvalue weighted by Gasteiger charge is 2.26. The minimum absolute atomic E-state index is 0.281. The third-order valence-electron chi connectivity index (χ3n) is 3.48. The highest BCUT2D eigenvalue weighted by atomic mass is 32.2. The molecule has 6 nitrogen and oxygen atoms in total. The van der Waals surface area contributed by atoms with E-state index in [0.29, 0.717) is 24.3 Å². The number of carbonyl (C=O) groups excluding carboxylic acids is 1. The number of rotatable bonds is 4. The standard InChI is InChI=1S/C15H15N3O3S2/c16-23(20,21)18-7-5-12-2-3-13(9-14(12)18)17-15(19)4-1-11-6-8-22-10-11/h1-4,6,8-10H,5,7H2,(H,17,19)(H2,16,20,21). The van der Waals surface area contributed by atoms with E-state index in [1.54, 1.807) is 35.6 Å². The van der Waals surface area contributed by atoms with Gasteiger partial charge in [0.25, 0.3) is 10.2 Å². The molecule has 0 atom stereocenters. The molecular formula is C15H15N3O3S2. The van der Waals surface area contributed by atoms with Gasteiger partial charge in [-0.1, -0.05) is 6.07 Å². The van der Waals surface area contributed by atoms with Crippen molar-refractivity contribution in [3.05, 3.63) is 52.2 Å². The summed E-state index contributed by atoms with van der Waals surface area (Å²) in [7, 11) is -3.79. The highest BCUT2D eigenvalue weighted by Crippen LogP contribution is 2.32. The van der Waals surface area contributed by atoms with E-state index in [4.69, 9.17) is 5.14 Å². The van der Waals surface area contributed by atoms with Crippen LogP contribution in [0.4, 0.5) is 11.4 Å². The zero-order valence-corrected chi connectivity index (χ0v) is 13.7. The average Bonchev–Trinajstić information content (AvgIpc) is 3.13. The number of hydrogen-bond acceptors (Lipinski definition) is 4. The first kappa shape index (κ1) is 15.7. The Bertz CT molecular complexity index is 858. The monoisotopic (exact) mass is 349 g/mol. The number of nitrogens with zero attached hydrogens (tertiary/aromatic N) is 1. The van der Waals surface area contributed by atoms with E-state index in [-0.39, 0.29) is 5.91 Å². The molecule has 2 heterocycles. The molecule has 8 heteroatoms. The number of amides is 1. The number of anilines is 2. The van der Waals surface area contributed by atoms with Crippen molar-refractivity contribution in [2.45, 2.75) is 6.42 Å². The van der Waals surface area contributed by atoms with E-state index in [9.17, 15) is 13.2 Å². The van der Waals surface area contributed by atoms with Crippen LogP contribution in [0.5, 0.6) is 0 Å². The maximum Gasteiger partial charge on any atom is 0.299 e. The fourth-order valence-electron chi connectivity index (χ4n) is 2.42. The Hall–Kier alpha value is -2.16. The smallest absolute Gasteiger partial charge is 0.299 e. The normalized spacial score (nSPS) is 14.2. The van der Waals surface area contributed by atoms with Crippen molar-refractivity contribution in [1.82, 2.24) is 0 Å². The van der Waals surface area contributed by atoms with E-state index in [1.165, 1.54) is 6.08 Å². The third-order valence-corrected chi connectivity index (χ3v) is 5.18. The minimum Gasteiger partial charge on any atom is -0.322 e. The quantitative estimate of drug-likeness (QED) is 0.827. The molecule has 0 spiro atoms. The predicted octanol–water partition coefficient (Wildman–Crippen LogP) is 1.97. The molecule has 0 bridgehead atoms. The first-order valence-electron chi connectivity index (χ1n) is 6.88. The largest absolute Gasteiger partial charge is 0.322 e. The fraction of sp³-hybridized carbons (Fsp3) is 0.133. The van der Waals surface area contributed by atoms with Gasteiger partial charge >= 0.3 is 0 Å². The molecule has 0 saturated heterocycles. The van der Waals surface area contributed by atoms with Crippen molar-refractivity contribution in [3.8, 4) is 0 Å². The molecule has 120 valence electrons. The Morgan fingerprint density at radius 2 is 2.17 bits per heavy atom. The molecule has 23 heavy (non-hydrogen) atoms. The van der Waals surface area contributed by atoms with E-state index in [0.717, 1.165) is 15.4 Å². The Kier molecular flexibility index (Phi) is 4.20. The molecule has 1 amide bonds. The molecule has 1 aromatic carbocycles. The predicted molar refractivity (Wildman–Crippen MR) is 92.6 cm³/mol. The molecule has 0 unspecified atom stereocenters. The number of thiophene rings is 1. The maximum atomic E-state index is 11.9. The second kappa shape index (κ2) is 6.15. The number of benzene rings is 1. The van der Waals surface area contributed by atoms with Gasteiger partial charge in [0, 0.05) is 18.3 Å². The summed E-state index contributed by atoms with van der Waals surface area (Å²) in [5.74, 6) is -0.281. The lowest BCUT2D eigenvalue weighted by atomic mass is 10.1. The van der Waals surface area contributed by atoms with Gasteiger partial charge in [-0.25, -0.2) is 5.14 Å². The highest BCUT2D eigenvalue weighted by molar-refractivity contribution is 7.90. The van der Waals surface area contributed by atoms with E-state index >= 15 is 0 Å². The summed E-state index contributed by atoms with van der Waals surface area (Å²) in [6.45, 7) is 0.323. The zero-order valence-electron chi connectivity index (χ0n) is 12.1. The van der Waals surface area contributed by atoms with E-state index in [1.807, 2.05) is 16.8 Å². The molecule has 1 aliphatic rings. The van der Waals surface area contributed by atoms with Crippen LogP contribution in [0.3, 0.4) is 0 Å². The van der Waals surface area contributed by atoms with Gasteiger partial charge in [-0.05, 0) is 52.6 Å². The van der Waals surface area contributed by atoms with Gasteiger partial charge in [0.1, 0.15) is 0 Å². The lowest BCUT2D eigenvalue weighted by Gasteiger charge is -2.16. The first-order chi connectivity index (χ1) is 10.9. The maximum absolute atomic E-state index is 11.9. The molecule has 3 N–H and O–H groups in total. The van der Waals surface area contributed by atoms with Crippen molar-refractivity contribution >= 4 is 44.9 Å². The minimum atomic E-state index is -3.79. The van der Waals surface area contributed by atoms with Crippen LogP contribution in [0.1, 0.15) is 11.1 Å². The molecule has 0 fully saturated rings. The SMILES string of the molecule is NS(=O)(=O)N1CCc2ccc(NC(=O)C=Cc3ccsc3)cc21. The van der Waals surface area contributed by atoms with Crippen LogP contribution in [0.2, 0.25) is 0 Å². The summed E-state index contributed by atoms with van der Waals surface area (Å²) in [5, 5.41) is 11.8. The van der Waals surface area contributed by atoms with Crippen LogP contribution in [0, 0.1) is 0 Å². The van der Waals surface area contributed by atoms with E-state index in [2.05, 4.69) is 5.32 Å². The van der Waals surface area contributed by atoms with Crippen molar-refractivity contribution < 1.29 is 13.2 Å². The topological polar surface area (TPSA) is 92.5 Å². The van der Waals surface area contributed by atoms with Gasteiger partial charge in [-0.15, -0.1) is 0 Å². The molecular weight excluding hydrogens is 334 g/mol. The number of carbonyl (C=O) groups is 1. The Morgan fingerprint density at radius 1 is 1.35 bits per heavy atom. The summed E-state index contributed by atoms with van der Waals surface area (Å²) in [6.07, 6.45) is 3.76. The van der Waals surface area contributed by atoms with Crippen LogP contribution >= 0.6 is 11.3 Å². The fourth-order valence-corrected chi connectivity index (χ4v) is 3.84. The van der Waals surface area contributed by atoms with Crippen molar-refractivity contribution in [2.24, 2.45) is 5.14 Å². The van der Waals surface area contributed by atoms with Gasteiger partial charge < -0.3 is 5.32 Å². The van der Waals surface area contributed by atoms with Gasteiger partial charge in [-0.3, -0.25) is 9.10 Å². The second-order valence-corrected chi connectivity index (χ2v) is 7.34. The average molecular weight is 349 g/mol. The number of fused-ring (bicyclic) bond motifs is 1. The zero-order chi connectivity index (χ0) is 16.4. The van der Waals surface area contributed by atoms with Gasteiger partial charge in [0.15, 0.2) is 0 Å². The summed E-state index contributed by atoms with van der Waals surface area (Å²) < 4.78 is 24.3. The molecule has 1 aromatic heterocycles. The van der Waals surface area contributed by atoms with Crippen LogP contribution < -0.4 is 14.8 Å². The van der Waals surface area contributed by atoms with Crippen LogP contribution in [-0.4, -0.2) is 20.9 Å². The van der Waals surface area contributed by atoms with Crippen molar-refractivity contribution in [2.75, 3.05) is 16.2 Å². The first-order valence-corrected chi connectivity index (χ1v) is 9.33. The second-order valence-electron chi connectivity index (χ2n) is 5.09. The summed E-state index contributed by atoms with van der Waals surface area (Å²) in [6, 6.07) is 7.09. The Balaban J connectivity index is 1.76. The molecule has 1 aliphatic heterocycles. The van der Waals surface area contributed by atoms with Crippen molar-refractivity contribution in [1.29, 1.82) is 0 Å². The Labute approximate surface area is 138 Å². The molecule has 3 rings (SSSR count). The number of hydrogen-bond donors (Lipinski definition) is 2. The van der Waals surface area contributed by atoms with Crippen LogP contribution in [0.25, 0.3) is 6.08 Å². The third kappa shape index (κ3) is 3.61. The van der Waals surface area contributed by atoms with Crippen molar-refractivity contribution in [3.63, 3.8) is 0 Å². The lowest BCUT2D eigenvalue weighted by Crippen LogP contribution is -2.35. The van der Waals surface area contributed by atoms with Gasteiger partial charge in [-0.2, -0.15) is 19.8 Å². The van der Waals surface area contributed by atoms with E-state index < -0.39 is 10.2 Å². The molecule has 0 aliphatic carbocycles. The van der Waals surface area contributed by atoms with Crippen LogP contribution in [-0.2, 0) is 21.4 Å². The summed E-state index contributed by atoms with van der Waals surface area (Å²) in [4.78, 5) is 11.9. The summed E-state index contributed by atoms with van der Waals surface area (Å²) >= 11 is 1.55. The number of nitrogens with two attached hydrogens (primary N) is 1. The molecule has 0 saturated carbocycles. The van der Waals surface area contributed by atoms with Gasteiger partial charge in [0.2, 0.25) is 5.91 Å². The molecule has 2 aromatic rings. The van der Waals surface area contributed by atoms with Crippen LogP contribution in [0.15, 0.2) is 41.1 Å². The van der Waals surface area contributed by atoms with Gasteiger partial charge in [0.05, 0.1) is 5.69 Å².